The Bertz CT molecular complexity index is 1020. The lowest BCUT2D eigenvalue weighted by Gasteiger charge is -2.20. The van der Waals surface area contributed by atoms with Gasteiger partial charge >= 0.3 is 0 Å². The van der Waals surface area contributed by atoms with Crippen LogP contribution < -0.4 is 5.32 Å². The predicted octanol–water partition coefficient (Wildman–Crippen LogP) is 4.90. The summed E-state index contributed by atoms with van der Waals surface area (Å²) in [6.45, 7) is 2.02. The number of hydrogen-bond donors (Lipinski definition) is 2. The molecule has 3 aromatic rings. The summed E-state index contributed by atoms with van der Waals surface area (Å²) in [4.78, 5) is 15.9. The van der Waals surface area contributed by atoms with Crippen LogP contribution in [0, 0.1) is 4.77 Å². The molecule has 4 nitrogen and oxygen atoms in total. The molecule has 1 aliphatic rings. The molecule has 4 rings (SSSR count). The number of aryl methyl sites for hydroxylation is 2. The van der Waals surface area contributed by atoms with Gasteiger partial charge < -0.3 is 10.3 Å². The van der Waals surface area contributed by atoms with E-state index in [2.05, 4.69) is 28.5 Å². The Morgan fingerprint density at radius 3 is 2.63 bits per heavy atom. The first-order valence-corrected chi connectivity index (χ1v) is 9.83. The molecule has 1 aliphatic carbocycles. The number of benzene rings is 2. The quantitative estimate of drug-likeness (QED) is 0.635. The molecule has 0 radical (unpaired) electrons. The van der Waals surface area contributed by atoms with Crippen LogP contribution in [-0.2, 0) is 12.8 Å². The molecule has 0 bridgehead atoms. The Balaban J connectivity index is 1.57. The highest BCUT2D eigenvalue weighted by molar-refractivity contribution is 7.71. The van der Waals surface area contributed by atoms with Gasteiger partial charge in [-0.3, -0.25) is 9.36 Å². The molecule has 0 aliphatic heterocycles. The topological polar surface area (TPSA) is 49.8 Å². The van der Waals surface area contributed by atoms with Gasteiger partial charge in [-0.2, -0.15) is 0 Å². The highest BCUT2D eigenvalue weighted by atomic mass is 32.1. The van der Waals surface area contributed by atoms with E-state index in [1.165, 1.54) is 30.4 Å². The third kappa shape index (κ3) is 3.60. The molecule has 0 saturated carbocycles. The van der Waals surface area contributed by atoms with Crippen molar-refractivity contribution in [2.24, 2.45) is 0 Å². The van der Waals surface area contributed by atoms with Gasteiger partial charge in [-0.1, -0.05) is 36.4 Å². The van der Waals surface area contributed by atoms with Crippen molar-refractivity contribution in [2.45, 2.75) is 38.6 Å². The molecule has 0 fully saturated rings. The Morgan fingerprint density at radius 1 is 1.11 bits per heavy atom. The zero-order chi connectivity index (χ0) is 18.8. The lowest BCUT2D eigenvalue weighted by atomic mass is 9.89. The van der Waals surface area contributed by atoms with Gasteiger partial charge in [0.05, 0.1) is 6.04 Å². The molecule has 1 heterocycles. The molecule has 2 aromatic carbocycles. The number of nitrogens with one attached hydrogen (secondary N) is 2. The molecule has 27 heavy (non-hydrogen) atoms. The maximum atomic E-state index is 12.9. The second-order valence-electron chi connectivity index (χ2n) is 7.08. The van der Waals surface area contributed by atoms with Gasteiger partial charge in [0.15, 0.2) is 4.77 Å². The van der Waals surface area contributed by atoms with E-state index in [4.69, 9.17) is 12.2 Å². The van der Waals surface area contributed by atoms with Gasteiger partial charge in [0.2, 0.25) is 0 Å². The van der Waals surface area contributed by atoms with E-state index < -0.39 is 0 Å². The van der Waals surface area contributed by atoms with E-state index in [0.717, 1.165) is 17.7 Å². The van der Waals surface area contributed by atoms with Crippen molar-refractivity contribution in [1.29, 1.82) is 0 Å². The van der Waals surface area contributed by atoms with Crippen LogP contribution in [0.25, 0.3) is 5.69 Å². The second-order valence-corrected chi connectivity index (χ2v) is 7.47. The average molecular weight is 378 g/mol. The summed E-state index contributed by atoms with van der Waals surface area (Å²) in [5.74, 6) is -0.142. The molecule has 138 valence electrons. The van der Waals surface area contributed by atoms with Crippen LogP contribution in [-0.4, -0.2) is 15.5 Å². The summed E-state index contributed by atoms with van der Waals surface area (Å²) in [7, 11) is 0. The fourth-order valence-corrected chi connectivity index (χ4v) is 4.01. The van der Waals surface area contributed by atoms with Gasteiger partial charge in [0.25, 0.3) is 5.91 Å². The number of nitrogens with zero attached hydrogens (tertiary/aromatic N) is 1. The summed E-state index contributed by atoms with van der Waals surface area (Å²) < 4.78 is 2.28. The molecule has 0 spiro atoms. The molecule has 2 N–H and O–H groups in total. The van der Waals surface area contributed by atoms with E-state index in [0.29, 0.717) is 10.5 Å². The van der Waals surface area contributed by atoms with Gasteiger partial charge in [-0.15, -0.1) is 0 Å². The summed E-state index contributed by atoms with van der Waals surface area (Å²) in [5, 5.41) is 3.12. The molecular formula is C22H23N3OS. The number of aromatic nitrogens is 2. The van der Waals surface area contributed by atoms with Crippen LogP contribution >= 0.6 is 12.2 Å². The van der Waals surface area contributed by atoms with E-state index in [1.54, 1.807) is 10.8 Å². The highest BCUT2D eigenvalue weighted by Crippen LogP contribution is 2.25. The SMILES string of the molecule is CC(NC(=O)c1c[nH]c(=S)n1-c1ccccc1)c1ccc2c(c1)CCCC2. The first kappa shape index (κ1) is 17.7. The Morgan fingerprint density at radius 2 is 1.85 bits per heavy atom. The maximum absolute atomic E-state index is 12.9. The van der Waals surface area contributed by atoms with Gasteiger partial charge in [0.1, 0.15) is 5.69 Å². The molecule has 0 saturated heterocycles. The number of rotatable bonds is 4. The van der Waals surface area contributed by atoms with Crippen molar-refractivity contribution in [3.8, 4) is 5.69 Å². The number of carbonyl (C=O) groups is 1. The van der Waals surface area contributed by atoms with E-state index in [9.17, 15) is 4.79 Å². The summed E-state index contributed by atoms with van der Waals surface area (Å²) in [5.41, 5.74) is 5.40. The van der Waals surface area contributed by atoms with E-state index >= 15 is 0 Å². The minimum atomic E-state index is -0.142. The Hall–Kier alpha value is -2.66. The number of para-hydroxylation sites is 1. The fraction of sp³-hybridized carbons (Fsp3) is 0.273. The minimum absolute atomic E-state index is 0.0718. The number of amides is 1. The fourth-order valence-electron chi connectivity index (χ4n) is 3.75. The van der Waals surface area contributed by atoms with E-state index in [-0.39, 0.29) is 11.9 Å². The third-order valence-corrected chi connectivity index (χ3v) is 5.54. The number of H-pyrrole nitrogens is 1. The predicted molar refractivity (Wildman–Crippen MR) is 110 cm³/mol. The lowest BCUT2D eigenvalue weighted by Crippen LogP contribution is -2.28. The number of aromatic amines is 1. The zero-order valence-corrected chi connectivity index (χ0v) is 16.2. The summed E-state index contributed by atoms with van der Waals surface area (Å²) >= 11 is 5.38. The molecule has 1 atom stereocenters. The van der Waals surface area contributed by atoms with Crippen LogP contribution in [0.3, 0.4) is 0 Å². The van der Waals surface area contributed by atoms with Crippen LogP contribution in [0.2, 0.25) is 0 Å². The van der Waals surface area contributed by atoms with Crippen molar-refractivity contribution in [1.82, 2.24) is 14.9 Å². The number of carbonyl (C=O) groups excluding carboxylic acids is 1. The molecular weight excluding hydrogens is 354 g/mol. The molecule has 1 aromatic heterocycles. The highest BCUT2D eigenvalue weighted by Gasteiger charge is 2.18. The average Bonchev–Trinajstić information content (AvgIpc) is 3.09. The van der Waals surface area contributed by atoms with Crippen molar-refractivity contribution in [3.05, 3.63) is 81.9 Å². The third-order valence-electron chi connectivity index (χ3n) is 5.24. The van der Waals surface area contributed by atoms with Crippen LogP contribution in [0.15, 0.2) is 54.7 Å². The van der Waals surface area contributed by atoms with Crippen molar-refractivity contribution in [3.63, 3.8) is 0 Å². The Kier molecular flexibility index (Phi) is 4.94. The van der Waals surface area contributed by atoms with Crippen molar-refractivity contribution < 1.29 is 4.79 Å². The van der Waals surface area contributed by atoms with Crippen LogP contribution in [0.4, 0.5) is 0 Å². The maximum Gasteiger partial charge on any atom is 0.270 e. The van der Waals surface area contributed by atoms with Gasteiger partial charge in [-0.05, 0) is 73.6 Å². The monoisotopic (exact) mass is 377 g/mol. The minimum Gasteiger partial charge on any atom is -0.344 e. The molecule has 5 heteroatoms. The van der Waals surface area contributed by atoms with Crippen molar-refractivity contribution >= 4 is 18.1 Å². The number of fused-ring (bicyclic) bond motifs is 1. The summed E-state index contributed by atoms with van der Waals surface area (Å²) in [6.07, 6.45) is 6.49. The Labute approximate surface area is 164 Å². The van der Waals surface area contributed by atoms with Crippen molar-refractivity contribution in [2.75, 3.05) is 0 Å². The lowest BCUT2D eigenvalue weighted by molar-refractivity contribution is 0.0933. The molecule has 1 unspecified atom stereocenters. The number of hydrogen-bond acceptors (Lipinski definition) is 2. The first-order chi connectivity index (χ1) is 13.1. The van der Waals surface area contributed by atoms with Crippen LogP contribution in [0.1, 0.15) is 53.0 Å². The zero-order valence-electron chi connectivity index (χ0n) is 15.4. The van der Waals surface area contributed by atoms with Gasteiger partial charge in [0, 0.05) is 11.9 Å². The first-order valence-electron chi connectivity index (χ1n) is 9.42. The second kappa shape index (κ2) is 7.53. The number of imidazole rings is 1. The van der Waals surface area contributed by atoms with E-state index in [1.807, 2.05) is 37.3 Å². The van der Waals surface area contributed by atoms with Gasteiger partial charge in [-0.25, -0.2) is 0 Å². The van der Waals surface area contributed by atoms with Crippen LogP contribution in [0.5, 0.6) is 0 Å². The standard InChI is InChI=1S/C22H23N3OS/c1-15(17-12-11-16-7-5-6-8-18(16)13-17)24-21(26)20-14-23-22(27)25(20)19-9-3-2-4-10-19/h2-4,9-15H,5-8H2,1H3,(H,23,27)(H,24,26). The smallest absolute Gasteiger partial charge is 0.270 e. The largest absolute Gasteiger partial charge is 0.344 e. The molecule has 1 amide bonds. The summed E-state index contributed by atoms with van der Waals surface area (Å²) in [6, 6.07) is 16.2. The normalized spacial score (nSPS) is 14.4.